The normalized spacial score (nSPS) is 24.1. The summed E-state index contributed by atoms with van der Waals surface area (Å²) in [6, 6.07) is 3.45. The molecule has 1 aromatic heterocycles. The minimum absolute atomic E-state index is 0.00667. The molecule has 2 aliphatic heterocycles. The Kier molecular flexibility index (Phi) is 4.49. The van der Waals surface area contributed by atoms with E-state index in [1.54, 1.807) is 24.1 Å². The number of carbonyl (C=O) groups is 2. The molecule has 1 aromatic carbocycles. The third-order valence-corrected chi connectivity index (χ3v) is 6.60. The van der Waals surface area contributed by atoms with Gasteiger partial charge in [-0.25, -0.2) is 9.78 Å². The summed E-state index contributed by atoms with van der Waals surface area (Å²) >= 11 is 0. The molecule has 1 saturated heterocycles. The van der Waals surface area contributed by atoms with E-state index >= 15 is 0 Å². The quantitative estimate of drug-likeness (QED) is 0.510. The van der Waals surface area contributed by atoms with Crippen LogP contribution in [0.5, 0.6) is 11.5 Å². The molecule has 5 N–H and O–H groups in total. The van der Waals surface area contributed by atoms with Crippen LogP contribution in [0.4, 0.5) is 0 Å². The minimum atomic E-state index is -1.27. The summed E-state index contributed by atoms with van der Waals surface area (Å²) in [7, 11) is -1.01. The molecule has 162 valence electrons. The Balaban J connectivity index is 1.31. The smallest absolute Gasteiger partial charge is 0.526 e. The SMILES string of the molecule is CC(N)(C(=O)N1CC(Oc2ccc3c(c2C(=O)O)OB(O)[C@@H]2CC[C@H]32)C1)c1c[nH]cn1. The number of aromatic nitrogens is 2. The Hall–Kier alpha value is -3.05. The van der Waals surface area contributed by atoms with Gasteiger partial charge in [-0.2, -0.15) is 0 Å². The highest BCUT2D eigenvalue weighted by Gasteiger charge is 2.49. The zero-order valence-electron chi connectivity index (χ0n) is 16.9. The molecule has 1 aliphatic carbocycles. The lowest BCUT2D eigenvalue weighted by molar-refractivity contribution is -0.145. The summed E-state index contributed by atoms with van der Waals surface area (Å²) in [5.41, 5.74) is 6.06. The van der Waals surface area contributed by atoms with E-state index in [2.05, 4.69) is 9.97 Å². The van der Waals surface area contributed by atoms with E-state index in [-0.39, 0.29) is 53.9 Å². The molecule has 11 heteroatoms. The number of amides is 1. The number of rotatable bonds is 5. The number of carbonyl (C=O) groups excluding carboxylic acids is 1. The highest BCUT2D eigenvalue weighted by atomic mass is 16.5. The molecule has 3 aliphatic rings. The Labute approximate surface area is 178 Å². The summed E-state index contributed by atoms with van der Waals surface area (Å²) in [5.74, 6) is -1.02. The van der Waals surface area contributed by atoms with Crippen LogP contribution in [0.15, 0.2) is 24.7 Å². The Morgan fingerprint density at radius 2 is 2.16 bits per heavy atom. The molecule has 5 rings (SSSR count). The second-order valence-electron chi connectivity index (χ2n) is 8.63. The van der Waals surface area contributed by atoms with Crippen LogP contribution >= 0.6 is 0 Å². The molecule has 2 aromatic rings. The average Bonchev–Trinajstić information content (AvgIpc) is 3.19. The van der Waals surface area contributed by atoms with Crippen molar-refractivity contribution in [3.8, 4) is 11.5 Å². The first kappa shape index (κ1) is 19.9. The number of nitrogens with two attached hydrogens (primary N) is 1. The van der Waals surface area contributed by atoms with E-state index in [1.165, 1.54) is 6.33 Å². The summed E-state index contributed by atoms with van der Waals surface area (Å²) in [6.07, 6.45) is 4.42. The lowest BCUT2D eigenvalue weighted by Gasteiger charge is -2.44. The van der Waals surface area contributed by atoms with Gasteiger partial charge in [0.15, 0.2) is 0 Å². The van der Waals surface area contributed by atoms with Crippen LogP contribution in [0.2, 0.25) is 5.82 Å². The van der Waals surface area contributed by atoms with Crippen LogP contribution in [0.3, 0.4) is 0 Å². The van der Waals surface area contributed by atoms with E-state index < -0.39 is 18.6 Å². The van der Waals surface area contributed by atoms with Gasteiger partial charge < -0.3 is 35.1 Å². The van der Waals surface area contributed by atoms with Gasteiger partial charge in [0.05, 0.1) is 25.1 Å². The van der Waals surface area contributed by atoms with Crippen LogP contribution in [-0.4, -0.2) is 63.2 Å². The number of likely N-dealkylation sites (tertiary alicyclic amines) is 1. The molecule has 3 atom stereocenters. The van der Waals surface area contributed by atoms with Crippen LogP contribution in [0.1, 0.15) is 47.3 Å². The van der Waals surface area contributed by atoms with E-state index in [0.29, 0.717) is 5.69 Å². The maximum atomic E-state index is 12.8. The first-order valence-corrected chi connectivity index (χ1v) is 10.3. The maximum Gasteiger partial charge on any atom is 0.526 e. The number of aromatic carboxylic acids is 1. The first-order chi connectivity index (χ1) is 14.8. The fourth-order valence-electron chi connectivity index (χ4n) is 4.60. The number of hydrogen-bond donors (Lipinski definition) is 4. The zero-order valence-corrected chi connectivity index (χ0v) is 16.9. The number of fused-ring (bicyclic) bond motifs is 3. The van der Waals surface area contributed by atoms with Crippen molar-refractivity contribution in [2.24, 2.45) is 5.73 Å². The van der Waals surface area contributed by atoms with Crippen LogP contribution in [0.25, 0.3) is 0 Å². The number of ether oxygens (including phenoxy) is 1. The Morgan fingerprint density at radius 1 is 1.39 bits per heavy atom. The predicted molar refractivity (Wildman–Crippen MR) is 109 cm³/mol. The van der Waals surface area contributed by atoms with Gasteiger partial charge in [0.2, 0.25) is 5.91 Å². The number of nitrogens with zero attached hydrogens (tertiary/aromatic N) is 2. The predicted octanol–water partition coefficient (Wildman–Crippen LogP) is 0.692. The van der Waals surface area contributed by atoms with Gasteiger partial charge in [-0.1, -0.05) is 6.07 Å². The van der Waals surface area contributed by atoms with Crippen LogP contribution < -0.4 is 15.1 Å². The first-order valence-electron chi connectivity index (χ1n) is 10.3. The molecule has 2 fully saturated rings. The van der Waals surface area contributed by atoms with Gasteiger partial charge in [0.1, 0.15) is 28.7 Å². The van der Waals surface area contributed by atoms with Crippen LogP contribution in [0, 0.1) is 0 Å². The van der Waals surface area contributed by atoms with Gasteiger partial charge in [0, 0.05) is 12.0 Å². The van der Waals surface area contributed by atoms with Crippen molar-refractivity contribution in [1.29, 1.82) is 0 Å². The molecule has 0 radical (unpaired) electrons. The lowest BCUT2D eigenvalue weighted by Crippen LogP contribution is -2.62. The molecule has 0 spiro atoms. The number of imidazole rings is 1. The van der Waals surface area contributed by atoms with Crippen molar-refractivity contribution in [3.63, 3.8) is 0 Å². The minimum Gasteiger partial charge on any atom is -0.535 e. The highest BCUT2D eigenvalue weighted by Crippen LogP contribution is 2.55. The topological polar surface area (TPSA) is 151 Å². The van der Waals surface area contributed by atoms with Gasteiger partial charge in [-0.15, -0.1) is 0 Å². The Morgan fingerprint density at radius 3 is 2.77 bits per heavy atom. The number of nitrogens with one attached hydrogen (secondary N) is 1. The van der Waals surface area contributed by atoms with Crippen molar-refractivity contribution < 1.29 is 29.1 Å². The zero-order chi connectivity index (χ0) is 21.9. The van der Waals surface area contributed by atoms with Gasteiger partial charge >= 0.3 is 13.1 Å². The summed E-state index contributed by atoms with van der Waals surface area (Å²) in [5, 5.41) is 20.0. The van der Waals surface area contributed by atoms with Crippen LogP contribution in [-0.2, 0) is 10.3 Å². The number of hydrogen-bond acceptors (Lipinski definition) is 7. The average molecular weight is 426 g/mol. The molecule has 1 saturated carbocycles. The van der Waals surface area contributed by atoms with Gasteiger partial charge in [0.25, 0.3) is 0 Å². The molecule has 31 heavy (non-hydrogen) atoms. The monoisotopic (exact) mass is 426 g/mol. The number of benzene rings is 1. The molecule has 3 heterocycles. The molecule has 10 nitrogen and oxygen atoms in total. The third kappa shape index (κ3) is 3.07. The standard InChI is InChI=1S/C20H23BN4O6/c1-20(22,15-6-23-9-24-15)19(28)25-7-10(8-25)30-14-5-3-12-11-2-4-13(11)21(29)31-17(12)16(14)18(26)27/h3,5-6,9-11,13,29H,2,4,7-8,22H2,1H3,(H,23,24)(H,26,27)/t11-,13-,20?/m1/s1. The lowest BCUT2D eigenvalue weighted by atomic mass is 9.51. The number of H-pyrrole nitrogens is 1. The molecular weight excluding hydrogens is 403 g/mol. The maximum absolute atomic E-state index is 12.8. The fourth-order valence-corrected chi connectivity index (χ4v) is 4.60. The van der Waals surface area contributed by atoms with Crippen molar-refractivity contribution in [3.05, 3.63) is 41.5 Å². The summed E-state index contributed by atoms with van der Waals surface area (Å²) in [6.45, 7) is 2.16. The van der Waals surface area contributed by atoms with Gasteiger partial charge in [-0.05, 0) is 37.3 Å². The third-order valence-electron chi connectivity index (χ3n) is 6.60. The molecule has 1 unspecified atom stereocenters. The van der Waals surface area contributed by atoms with Crippen molar-refractivity contribution >= 4 is 19.0 Å². The second kappa shape index (κ2) is 6.99. The number of aromatic amines is 1. The Bertz CT molecular complexity index is 1040. The highest BCUT2D eigenvalue weighted by molar-refractivity contribution is 6.47. The summed E-state index contributed by atoms with van der Waals surface area (Å²) in [4.78, 5) is 33.2. The fraction of sp³-hybridized carbons (Fsp3) is 0.450. The van der Waals surface area contributed by atoms with Crippen molar-refractivity contribution in [2.75, 3.05) is 13.1 Å². The summed E-state index contributed by atoms with van der Waals surface area (Å²) < 4.78 is 11.5. The van der Waals surface area contributed by atoms with Crippen molar-refractivity contribution in [1.82, 2.24) is 14.9 Å². The van der Waals surface area contributed by atoms with Crippen molar-refractivity contribution in [2.45, 2.75) is 43.1 Å². The van der Waals surface area contributed by atoms with E-state index in [1.807, 2.05) is 6.07 Å². The molecule has 1 amide bonds. The van der Waals surface area contributed by atoms with E-state index in [0.717, 1.165) is 18.4 Å². The molecule has 0 bridgehead atoms. The largest absolute Gasteiger partial charge is 0.535 e. The van der Waals surface area contributed by atoms with Gasteiger partial charge in [-0.3, -0.25) is 4.79 Å². The van der Waals surface area contributed by atoms with E-state index in [4.69, 9.17) is 15.1 Å². The number of carboxylic acids is 1. The molecular formula is C20H23BN4O6. The second-order valence-corrected chi connectivity index (χ2v) is 8.63. The van der Waals surface area contributed by atoms with E-state index in [9.17, 15) is 19.7 Å². The number of carboxylic acid groups (broad SMARTS) is 1.